The first-order valence-electron chi connectivity index (χ1n) is 7.26. The van der Waals surface area contributed by atoms with Crippen LogP contribution in [0.3, 0.4) is 0 Å². The molecule has 0 fully saturated rings. The molecule has 1 heterocycles. The number of sulfonamides is 1. The van der Waals surface area contributed by atoms with Gasteiger partial charge in [-0.2, -0.15) is 9.29 Å². The first-order valence-corrected chi connectivity index (χ1v) is 9.25. The van der Waals surface area contributed by atoms with Gasteiger partial charge in [-0.15, -0.1) is 0 Å². The van der Waals surface area contributed by atoms with Crippen LogP contribution in [0.15, 0.2) is 28.8 Å². The minimum atomic E-state index is -3.49. The molecule has 0 spiro atoms. The third-order valence-corrected chi connectivity index (χ3v) is 5.18. The fourth-order valence-corrected chi connectivity index (χ4v) is 3.38. The molecule has 1 aromatic heterocycles. The van der Waals surface area contributed by atoms with Crippen molar-refractivity contribution in [2.45, 2.75) is 32.6 Å². The van der Waals surface area contributed by atoms with Crippen molar-refractivity contribution in [3.05, 3.63) is 46.6 Å². The number of aromatic nitrogens is 2. The molecule has 1 aromatic carbocycles. The summed E-state index contributed by atoms with van der Waals surface area (Å²) >= 11 is 5.89. The van der Waals surface area contributed by atoms with Gasteiger partial charge in [-0.25, -0.2) is 8.42 Å². The standard InChI is InChI=1S/C15H20ClN3O3S/c1-11(2)7-15-17-14(18-22-15)9-19(3)23(20,21)10-12-5-4-6-13(16)8-12/h4-6,8,11H,7,9-10H2,1-3H3. The molecule has 0 unspecified atom stereocenters. The van der Waals surface area contributed by atoms with E-state index in [9.17, 15) is 8.42 Å². The summed E-state index contributed by atoms with van der Waals surface area (Å²) in [5.74, 6) is 1.15. The molecular formula is C15H20ClN3O3S. The maximum absolute atomic E-state index is 12.4. The predicted octanol–water partition coefficient (Wildman–Crippen LogP) is 2.88. The largest absolute Gasteiger partial charge is 0.339 e. The Bertz CT molecular complexity index is 759. The zero-order valence-corrected chi connectivity index (χ0v) is 14.9. The van der Waals surface area contributed by atoms with E-state index in [4.69, 9.17) is 16.1 Å². The highest BCUT2D eigenvalue weighted by atomic mass is 35.5. The van der Waals surface area contributed by atoms with Crippen LogP contribution in [0.25, 0.3) is 0 Å². The number of hydrogen-bond acceptors (Lipinski definition) is 5. The second-order valence-electron chi connectivity index (χ2n) is 5.84. The van der Waals surface area contributed by atoms with Gasteiger partial charge in [0.05, 0.1) is 12.3 Å². The highest BCUT2D eigenvalue weighted by molar-refractivity contribution is 7.88. The molecular weight excluding hydrogens is 338 g/mol. The predicted molar refractivity (Wildman–Crippen MR) is 88.4 cm³/mol. The Hall–Kier alpha value is -1.44. The molecule has 0 saturated heterocycles. The summed E-state index contributed by atoms with van der Waals surface area (Å²) in [5, 5.41) is 4.34. The number of halogens is 1. The number of nitrogens with zero attached hydrogens (tertiary/aromatic N) is 3. The van der Waals surface area contributed by atoms with Crippen LogP contribution in [-0.2, 0) is 28.7 Å². The lowest BCUT2D eigenvalue weighted by Gasteiger charge is -2.15. The Labute approximate surface area is 141 Å². The maximum atomic E-state index is 12.4. The van der Waals surface area contributed by atoms with Crippen LogP contribution < -0.4 is 0 Å². The van der Waals surface area contributed by atoms with Gasteiger partial charge in [0, 0.05) is 18.5 Å². The number of benzene rings is 1. The summed E-state index contributed by atoms with van der Waals surface area (Å²) in [7, 11) is -1.99. The second kappa shape index (κ2) is 7.42. The zero-order chi connectivity index (χ0) is 17.0. The van der Waals surface area contributed by atoms with E-state index in [0.29, 0.717) is 34.6 Å². The van der Waals surface area contributed by atoms with Gasteiger partial charge in [-0.05, 0) is 23.6 Å². The van der Waals surface area contributed by atoms with E-state index in [2.05, 4.69) is 10.1 Å². The average molecular weight is 358 g/mol. The molecule has 2 rings (SSSR count). The third kappa shape index (κ3) is 5.30. The lowest BCUT2D eigenvalue weighted by atomic mass is 10.1. The summed E-state index contributed by atoms with van der Waals surface area (Å²) in [6.07, 6.45) is 0.673. The van der Waals surface area contributed by atoms with Crippen molar-refractivity contribution in [1.82, 2.24) is 14.4 Å². The van der Waals surface area contributed by atoms with Crippen LogP contribution in [0.4, 0.5) is 0 Å². The van der Waals surface area contributed by atoms with Crippen molar-refractivity contribution in [2.75, 3.05) is 7.05 Å². The normalized spacial score (nSPS) is 12.3. The Morgan fingerprint density at radius 1 is 1.35 bits per heavy atom. The molecule has 126 valence electrons. The van der Waals surface area contributed by atoms with Gasteiger partial charge in [0.2, 0.25) is 15.9 Å². The van der Waals surface area contributed by atoms with Gasteiger partial charge in [0.25, 0.3) is 0 Å². The SMILES string of the molecule is CC(C)Cc1nc(CN(C)S(=O)(=O)Cc2cccc(Cl)c2)no1. The summed E-state index contributed by atoms with van der Waals surface area (Å²) < 4.78 is 31.1. The second-order valence-corrected chi connectivity index (χ2v) is 8.36. The first-order chi connectivity index (χ1) is 10.8. The Balaban J connectivity index is 2.03. The summed E-state index contributed by atoms with van der Waals surface area (Å²) in [4.78, 5) is 4.22. The van der Waals surface area contributed by atoms with E-state index >= 15 is 0 Å². The van der Waals surface area contributed by atoms with E-state index in [1.165, 1.54) is 11.4 Å². The zero-order valence-electron chi connectivity index (χ0n) is 13.4. The average Bonchev–Trinajstić information content (AvgIpc) is 2.84. The molecule has 0 bridgehead atoms. The van der Waals surface area contributed by atoms with E-state index in [-0.39, 0.29) is 12.3 Å². The van der Waals surface area contributed by atoms with Crippen LogP contribution in [0, 0.1) is 5.92 Å². The number of rotatable bonds is 7. The quantitative estimate of drug-likeness (QED) is 0.761. The van der Waals surface area contributed by atoms with Crippen molar-refractivity contribution in [3.8, 4) is 0 Å². The van der Waals surface area contributed by atoms with Crippen LogP contribution in [0.5, 0.6) is 0 Å². The third-order valence-electron chi connectivity index (χ3n) is 3.17. The summed E-state index contributed by atoms with van der Waals surface area (Å²) in [5.41, 5.74) is 0.637. The molecule has 2 aromatic rings. The van der Waals surface area contributed by atoms with Crippen molar-refractivity contribution in [2.24, 2.45) is 5.92 Å². The molecule has 0 atom stereocenters. The Kier molecular flexibility index (Phi) is 5.78. The lowest BCUT2D eigenvalue weighted by molar-refractivity contribution is 0.353. The molecule has 0 amide bonds. The first kappa shape index (κ1) is 17.9. The molecule has 0 N–H and O–H groups in total. The number of hydrogen-bond donors (Lipinski definition) is 0. The maximum Gasteiger partial charge on any atom is 0.226 e. The van der Waals surface area contributed by atoms with Crippen molar-refractivity contribution in [1.29, 1.82) is 0 Å². The summed E-state index contributed by atoms with van der Waals surface area (Å²) in [6, 6.07) is 6.80. The van der Waals surface area contributed by atoms with Gasteiger partial charge < -0.3 is 4.52 Å². The molecule has 8 heteroatoms. The molecule has 23 heavy (non-hydrogen) atoms. The molecule has 6 nitrogen and oxygen atoms in total. The molecule has 0 radical (unpaired) electrons. The molecule has 0 aliphatic rings. The fraction of sp³-hybridized carbons (Fsp3) is 0.467. The fourth-order valence-electron chi connectivity index (χ4n) is 2.03. The van der Waals surface area contributed by atoms with E-state index in [0.717, 1.165) is 0 Å². The Morgan fingerprint density at radius 2 is 2.09 bits per heavy atom. The molecule has 0 saturated carbocycles. The van der Waals surface area contributed by atoms with Gasteiger partial charge >= 0.3 is 0 Å². The van der Waals surface area contributed by atoms with Crippen molar-refractivity contribution in [3.63, 3.8) is 0 Å². The van der Waals surface area contributed by atoms with Gasteiger partial charge in [-0.3, -0.25) is 0 Å². The molecule has 0 aliphatic heterocycles. The van der Waals surface area contributed by atoms with E-state index < -0.39 is 10.0 Å². The molecule has 0 aliphatic carbocycles. The topological polar surface area (TPSA) is 76.3 Å². The highest BCUT2D eigenvalue weighted by Crippen LogP contribution is 2.16. The summed E-state index contributed by atoms with van der Waals surface area (Å²) in [6.45, 7) is 4.17. The van der Waals surface area contributed by atoms with Crippen LogP contribution in [-0.4, -0.2) is 29.9 Å². The lowest BCUT2D eigenvalue weighted by Crippen LogP contribution is -2.28. The van der Waals surface area contributed by atoms with Gasteiger partial charge in [0.1, 0.15) is 0 Å². The smallest absolute Gasteiger partial charge is 0.226 e. The highest BCUT2D eigenvalue weighted by Gasteiger charge is 2.21. The van der Waals surface area contributed by atoms with Crippen molar-refractivity contribution >= 4 is 21.6 Å². The van der Waals surface area contributed by atoms with E-state index in [1.807, 2.05) is 13.8 Å². The van der Waals surface area contributed by atoms with Crippen LogP contribution in [0.1, 0.15) is 31.1 Å². The van der Waals surface area contributed by atoms with Crippen LogP contribution in [0.2, 0.25) is 5.02 Å². The van der Waals surface area contributed by atoms with E-state index in [1.54, 1.807) is 24.3 Å². The Morgan fingerprint density at radius 3 is 2.74 bits per heavy atom. The van der Waals surface area contributed by atoms with Crippen molar-refractivity contribution < 1.29 is 12.9 Å². The monoisotopic (exact) mass is 357 g/mol. The minimum absolute atomic E-state index is 0.0739. The minimum Gasteiger partial charge on any atom is -0.339 e. The van der Waals surface area contributed by atoms with Gasteiger partial charge in [0.15, 0.2) is 5.82 Å². The van der Waals surface area contributed by atoms with Gasteiger partial charge in [-0.1, -0.05) is 42.7 Å². The van der Waals surface area contributed by atoms with Crippen LogP contribution >= 0.6 is 11.6 Å².